The molecule has 0 aliphatic heterocycles. The second-order valence-corrected chi connectivity index (χ2v) is 4.59. The molecule has 0 unspecified atom stereocenters. The van der Waals surface area contributed by atoms with Crippen molar-refractivity contribution in [1.29, 1.82) is 0 Å². The molecule has 0 N–H and O–H groups in total. The van der Waals surface area contributed by atoms with Crippen molar-refractivity contribution in [3.8, 4) is 5.69 Å². The molecule has 0 atom stereocenters. The molecule has 4 nitrogen and oxygen atoms in total. The van der Waals surface area contributed by atoms with Crippen LogP contribution >= 0.6 is 23.2 Å². The Morgan fingerprint density at radius 3 is 2.78 bits per heavy atom. The van der Waals surface area contributed by atoms with Crippen LogP contribution in [0, 0.1) is 0 Å². The molecule has 3 rings (SSSR count). The van der Waals surface area contributed by atoms with E-state index < -0.39 is 0 Å². The zero-order valence-electron chi connectivity index (χ0n) is 9.05. The van der Waals surface area contributed by atoms with Gasteiger partial charge in [0.1, 0.15) is 11.8 Å². The van der Waals surface area contributed by atoms with Gasteiger partial charge in [0, 0.05) is 11.2 Å². The first-order chi connectivity index (χ1) is 8.66. The van der Waals surface area contributed by atoms with Crippen LogP contribution in [-0.2, 0) is 0 Å². The molecular weight excluding hydrogens is 273 g/mol. The van der Waals surface area contributed by atoms with E-state index in [1.165, 1.54) is 15.4 Å². The quantitative estimate of drug-likeness (QED) is 0.687. The highest BCUT2D eigenvalue weighted by molar-refractivity contribution is 6.33. The predicted molar refractivity (Wildman–Crippen MR) is 70.8 cm³/mol. The Bertz CT molecular complexity index is 791. The summed E-state index contributed by atoms with van der Waals surface area (Å²) in [6, 6.07) is 8.62. The van der Waals surface area contributed by atoms with Gasteiger partial charge in [-0.3, -0.25) is 9.36 Å². The van der Waals surface area contributed by atoms with Gasteiger partial charge in [-0.05, 0) is 24.3 Å². The van der Waals surface area contributed by atoms with E-state index in [1.807, 2.05) is 0 Å². The van der Waals surface area contributed by atoms with E-state index in [2.05, 4.69) is 5.10 Å². The number of nitrogens with zero attached hydrogens (tertiary/aromatic N) is 3. The number of fused-ring (bicyclic) bond motifs is 1. The summed E-state index contributed by atoms with van der Waals surface area (Å²) in [6.45, 7) is 0. The molecule has 0 saturated heterocycles. The molecule has 1 aromatic carbocycles. The molecule has 2 aromatic heterocycles. The van der Waals surface area contributed by atoms with Crippen LogP contribution in [-0.4, -0.2) is 14.2 Å². The largest absolute Gasteiger partial charge is 0.283 e. The Labute approximate surface area is 112 Å². The summed E-state index contributed by atoms with van der Waals surface area (Å²) in [6.07, 6.45) is 3.08. The average molecular weight is 280 g/mol. The van der Waals surface area contributed by atoms with E-state index in [0.717, 1.165) is 0 Å². The van der Waals surface area contributed by atoms with E-state index >= 15 is 0 Å². The molecule has 0 radical (unpaired) electrons. The van der Waals surface area contributed by atoms with E-state index in [4.69, 9.17) is 23.2 Å². The highest BCUT2D eigenvalue weighted by Gasteiger charge is 2.09. The molecule has 6 heteroatoms. The highest BCUT2D eigenvalue weighted by Crippen LogP contribution is 2.16. The first-order valence-electron chi connectivity index (χ1n) is 5.17. The van der Waals surface area contributed by atoms with Gasteiger partial charge < -0.3 is 0 Å². The molecule has 0 aliphatic carbocycles. The molecule has 0 fully saturated rings. The first kappa shape index (κ1) is 11.3. The number of aromatic nitrogens is 3. The monoisotopic (exact) mass is 279 g/mol. The van der Waals surface area contributed by atoms with E-state index in [-0.39, 0.29) is 5.56 Å². The molecule has 3 aromatic rings. The van der Waals surface area contributed by atoms with Gasteiger partial charge in [0.2, 0.25) is 0 Å². The summed E-state index contributed by atoms with van der Waals surface area (Å²) in [4.78, 5) is 12.3. The van der Waals surface area contributed by atoms with Gasteiger partial charge in [0.15, 0.2) is 0 Å². The Balaban J connectivity index is 2.34. The number of hydrogen-bond donors (Lipinski definition) is 0. The summed E-state index contributed by atoms with van der Waals surface area (Å²) in [5, 5.41) is 5.06. The molecule has 90 valence electrons. The van der Waals surface area contributed by atoms with Crippen LogP contribution in [0.1, 0.15) is 0 Å². The zero-order chi connectivity index (χ0) is 12.7. The van der Waals surface area contributed by atoms with Gasteiger partial charge >= 0.3 is 0 Å². The third-order valence-electron chi connectivity index (χ3n) is 2.62. The van der Waals surface area contributed by atoms with Crippen LogP contribution < -0.4 is 5.56 Å². The van der Waals surface area contributed by atoms with E-state index in [0.29, 0.717) is 21.2 Å². The van der Waals surface area contributed by atoms with Crippen LogP contribution in [0.3, 0.4) is 0 Å². The van der Waals surface area contributed by atoms with Crippen molar-refractivity contribution < 1.29 is 0 Å². The second kappa shape index (κ2) is 4.15. The fourth-order valence-electron chi connectivity index (χ4n) is 1.78. The minimum absolute atomic E-state index is 0.234. The standard InChI is InChI=1S/C12H7Cl2N3O/c13-8-2-1-3-9(6-8)16-7-15-17-5-4-10(14)11(17)12(16)18/h1-7H. The summed E-state index contributed by atoms with van der Waals surface area (Å²) in [7, 11) is 0. The molecule has 2 heterocycles. The minimum atomic E-state index is -0.234. The molecule has 0 spiro atoms. The van der Waals surface area contributed by atoms with E-state index in [9.17, 15) is 4.79 Å². The smallest absolute Gasteiger partial charge is 0.266 e. The maximum absolute atomic E-state index is 12.3. The molecule has 0 bridgehead atoms. The van der Waals surface area contributed by atoms with Crippen LogP contribution in [0.25, 0.3) is 11.2 Å². The van der Waals surface area contributed by atoms with Gasteiger partial charge in [0.05, 0.1) is 10.7 Å². The van der Waals surface area contributed by atoms with Crippen molar-refractivity contribution in [3.63, 3.8) is 0 Å². The van der Waals surface area contributed by atoms with Crippen LogP contribution in [0.4, 0.5) is 0 Å². The lowest BCUT2D eigenvalue weighted by molar-refractivity contribution is 0.827. The Kier molecular flexibility index (Phi) is 2.61. The molecule has 18 heavy (non-hydrogen) atoms. The predicted octanol–water partition coefficient (Wildman–Crippen LogP) is 2.79. The van der Waals surface area contributed by atoms with Crippen LogP contribution in [0.15, 0.2) is 47.7 Å². The Morgan fingerprint density at radius 2 is 2.00 bits per heavy atom. The highest BCUT2D eigenvalue weighted by atomic mass is 35.5. The fraction of sp³-hybridized carbons (Fsp3) is 0. The Hall–Kier alpha value is -1.78. The number of benzene rings is 1. The number of halogens is 2. The summed E-state index contributed by atoms with van der Waals surface area (Å²) in [5.74, 6) is 0. The van der Waals surface area contributed by atoms with Crippen LogP contribution in [0.5, 0.6) is 0 Å². The van der Waals surface area contributed by atoms with Gasteiger partial charge in [-0.15, -0.1) is 0 Å². The normalized spacial score (nSPS) is 11.0. The third-order valence-corrected chi connectivity index (χ3v) is 3.16. The summed E-state index contributed by atoms with van der Waals surface area (Å²) >= 11 is 11.9. The zero-order valence-corrected chi connectivity index (χ0v) is 10.6. The Morgan fingerprint density at radius 1 is 1.17 bits per heavy atom. The summed E-state index contributed by atoms with van der Waals surface area (Å²) < 4.78 is 2.86. The summed E-state index contributed by atoms with van der Waals surface area (Å²) in [5.41, 5.74) is 0.765. The lowest BCUT2D eigenvalue weighted by Gasteiger charge is -2.05. The maximum atomic E-state index is 12.3. The fourth-order valence-corrected chi connectivity index (χ4v) is 2.19. The number of rotatable bonds is 1. The average Bonchev–Trinajstić information content (AvgIpc) is 2.72. The van der Waals surface area contributed by atoms with Gasteiger partial charge in [-0.1, -0.05) is 29.3 Å². The van der Waals surface area contributed by atoms with Gasteiger partial charge in [-0.25, -0.2) is 4.52 Å². The number of hydrogen-bond acceptors (Lipinski definition) is 2. The second-order valence-electron chi connectivity index (χ2n) is 3.74. The van der Waals surface area contributed by atoms with E-state index in [1.54, 1.807) is 36.5 Å². The topological polar surface area (TPSA) is 39.3 Å². The van der Waals surface area contributed by atoms with Crippen molar-refractivity contribution in [3.05, 3.63) is 63.3 Å². The van der Waals surface area contributed by atoms with Crippen molar-refractivity contribution in [2.24, 2.45) is 0 Å². The van der Waals surface area contributed by atoms with Gasteiger partial charge in [-0.2, -0.15) is 5.10 Å². The molecular formula is C12H7Cl2N3O. The molecule has 0 amide bonds. The van der Waals surface area contributed by atoms with Crippen LogP contribution in [0.2, 0.25) is 10.0 Å². The van der Waals surface area contributed by atoms with Crippen molar-refractivity contribution in [2.75, 3.05) is 0 Å². The minimum Gasteiger partial charge on any atom is -0.266 e. The van der Waals surface area contributed by atoms with Crippen molar-refractivity contribution >= 4 is 28.7 Å². The lowest BCUT2D eigenvalue weighted by atomic mass is 10.3. The van der Waals surface area contributed by atoms with Crippen molar-refractivity contribution in [2.45, 2.75) is 0 Å². The lowest BCUT2D eigenvalue weighted by Crippen LogP contribution is -2.21. The van der Waals surface area contributed by atoms with Gasteiger partial charge in [0.25, 0.3) is 5.56 Å². The van der Waals surface area contributed by atoms with Crippen molar-refractivity contribution in [1.82, 2.24) is 14.2 Å². The third kappa shape index (κ3) is 1.70. The SMILES string of the molecule is O=c1c2c(Cl)ccn2ncn1-c1cccc(Cl)c1. The molecule has 0 saturated carbocycles. The maximum Gasteiger partial charge on any atom is 0.283 e. The molecule has 0 aliphatic rings. The first-order valence-corrected chi connectivity index (χ1v) is 5.93.